The van der Waals surface area contributed by atoms with Crippen molar-refractivity contribution in [2.45, 2.75) is 58.0 Å². The van der Waals surface area contributed by atoms with Crippen molar-refractivity contribution in [3.05, 3.63) is 35.6 Å². The highest BCUT2D eigenvalue weighted by atomic mass is 19.1. The Labute approximate surface area is 127 Å². The topological polar surface area (TPSA) is 12.0 Å². The molecule has 1 aromatic rings. The summed E-state index contributed by atoms with van der Waals surface area (Å²) in [7, 11) is 0. The lowest BCUT2D eigenvalue weighted by molar-refractivity contribution is -0.0706. The molecule has 21 heavy (non-hydrogen) atoms. The number of halogens is 1. The van der Waals surface area contributed by atoms with Crippen molar-refractivity contribution >= 4 is 0 Å². The Morgan fingerprint density at radius 3 is 2.33 bits per heavy atom. The van der Waals surface area contributed by atoms with Gasteiger partial charge in [-0.15, -0.1) is 0 Å². The van der Waals surface area contributed by atoms with Crippen molar-refractivity contribution in [3.63, 3.8) is 0 Å². The molecule has 0 heterocycles. The van der Waals surface area contributed by atoms with Crippen LogP contribution in [0.2, 0.25) is 0 Å². The van der Waals surface area contributed by atoms with E-state index in [0.29, 0.717) is 11.5 Å². The Morgan fingerprint density at radius 1 is 1.14 bits per heavy atom. The van der Waals surface area contributed by atoms with Crippen molar-refractivity contribution in [2.24, 2.45) is 23.2 Å². The van der Waals surface area contributed by atoms with Crippen LogP contribution in [0.5, 0.6) is 0 Å². The molecule has 1 aromatic carbocycles. The normalized spacial score (nSPS) is 38.7. The molecule has 1 nitrogen and oxygen atoms in total. The predicted molar refractivity (Wildman–Crippen MR) is 83.3 cm³/mol. The van der Waals surface area contributed by atoms with Crippen molar-refractivity contribution in [1.82, 2.24) is 5.32 Å². The van der Waals surface area contributed by atoms with Crippen molar-refractivity contribution in [3.8, 4) is 0 Å². The summed E-state index contributed by atoms with van der Waals surface area (Å²) in [4.78, 5) is 0. The van der Waals surface area contributed by atoms with Crippen LogP contribution in [0.25, 0.3) is 0 Å². The van der Waals surface area contributed by atoms with Crippen LogP contribution >= 0.6 is 0 Å². The van der Waals surface area contributed by atoms with E-state index in [1.807, 2.05) is 12.1 Å². The summed E-state index contributed by atoms with van der Waals surface area (Å²) >= 11 is 0. The standard InChI is InChI=1S/C19H26FN/c1-13(21-12-14-3-2-4-18(20)8-14)19-9-15-5-16(10-19)7-17(6-15)11-19/h2-4,8,13,15-17,21H,5-7,9-12H2,1H3/t13-,15?,16?,17?,19?/m1/s1. The predicted octanol–water partition coefficient (Wildman–Crippen LogP) is 4.52. The van der Waals surface area contributed by atoms with Gasteiger partial charge in [-0.05, 0) is 86.3 Å². The van der Waals surface area contributed by atoms with Gasteiger partial charge in [-0.25, -0.2) is 4.39 Å². The fourth-order valence-electron chi connectivity index (χ4n) is 5.84. The maximum Gasteiger partial charge on any atom is 0.123 e. The molecule has 0 amide bonds. The van der Waals surface area contributed by atoms with Crippen molar-refractivity contribution in [1.29, 1.82) is 0 Å². The monoisotopic (exact) mass is 287 g/mol. The number of hydrogen-bond acceptors (Lipinski definition) is 1. The average molecular weight is 287 g/mol. The molecule has 0 saturated heterocycles. The second kappa shape index (κ2) is 5.08. The maximum atomic E-state index is 13.3. The Hall–Kier alpha value is -0.890. The van der Waals surface area contributed by atoms with E-state index in [1.165, 1.54) is 44.6 Å². The van der Waals surface area contributed by atoms with Gasteiger partial charge in [0.25, 0.3) is 0 Å². The van der Waals surface area contributed by atoms with Gasteiger partial charge in [-0.3, -0.25) is 0 Å². The third kappa shape index (κ3) is 2.52. The van der Waals surface area contributed by atoms with Crippen LogP contribution in [-0.4, -0.2) is 6.04 Å². The number of rotatable bonds is 4. The molecule has 4 aliphatic rings. The minimum Gasteiger partial charge on any atom is -0.310 e. The molecule has 5 rings (SSSR count). The highest BCUT2D eigenvalue weighted by molar-refractivity contribution is 5.16. The summed E-state index contributed by atoms with van der Waals surface area (Å²) in [5.74, 6) is 2.86. The van der Waals surface area contributed by atoms with Gasteiger partial charge in [0, 0.05) is 12.6 Å². The Balaban J connectivity index is 1.44. The maximum absolute atomic E-state index is 13.3. The molecule has 1 atom stereocenters. The van der Waals surface area contributed by atoms with Gasteiger partial charge in [0.05, 0.1) is 0 Å². The molecule has 0 radical (unpaired) electrons. The van der Waals surface area contributed by atoms with Crippen LogP contribution in [0.3, 0.4) is 0 Å². The zero-order chi connectivity index (χ0) is 14.4. The van der Waals surface area contributed by atoms with Gasteiger partial charge in [0.1, 0.15) is 5.82 Å². The minimum absolute atomic E-state index is 0.128. The van der Waals surface area contributed by atoms with Crippen LogP contribution in [-0.2, 0) is 6.54 Å². The largest absolute Gasteiger partial charge is 0.310 e. The summed E-state index contributed by atoms with van der Waals surface area (Å²) in [6, 6.07) is 7.55. The average Bonchev–Trinajstić information content (AvgIpc) is 2.43. The fraction of sp³-hybridized carbons (Fsp3) is 0.684. The first kappa shape index (κ1) is 13.8. The van der Waals surface area contributed by atoms with E-state index in [1.54, 1.807) is 6.07 Å². The van der Waals surface area contributed by atoms with E-state index in [0.717, 1.165) is 29.9 Å². The van der Waals surface area contributed by atoms with Crippen LogP contribution in [0.1, 0.15) is 51.0 Å². The molecule has 0 aromatic heterocycles. The lowest BCUT2D eigenvalue weighted by atomic mass is 9.48. The summed E-state index contributed by atoms with van der Waals surface area (Å²) in [5.41, 5.74) is 1.59. The smallest absolute Gasteiger partial charge is 0.123 e. The first-order chi connectivity index (χ1) is 10.1. The van der Waals surface area contributed by atoms with Crippen LogP contribution in [0, 0.1) is 29.0 Å². The first-order valence-electron chi connectivity index (χ1n) is 8.61. The molecule has 0 aliphatic heterocycles. The van der Waals surface area contributed by atoms with Crippen LogP contribution < -0.4 is 5.32 Å². The Bertz CT molecular complexity index is 489. The SMILES string of the molecule is C[C@@H](NCc1cccc(F)c1)C12CC3CC(CC(C3)C1)C2. The van der Waals surface area contributed by atoms with Gasteiger partial charge in [0.15, 0.2) is 0 Å². The summed E-state index contributed by atoms with van der Waals surface area (Å²) in [6.45, 7) is 3.16. The fourth-order valence-corrected chi connectivity index (χ4v) is 5.84. The van der Waals surface area contributed by atoms with Gasteiger partial charge in [0.2, 0.25) is 0 Å². The highest BCUT2D eigenvalue weighted by Crippen LogP contribution is 2.61. The van der Waals surface area contributed by atoms with E-state index in [4.69, 9.17) is 0 Å². The summed E-state index contributed by atoms with van der Waals surface area (Å²) in [6.07, 6.45) is 8.77. The first-order valence-corrected chi connectivity index (χ1v) is 8.61. The van der Waals surface area contributed by atoms with Gasteiger partial charge < -0.3 is 5.32 Å². The second-order valence-electron chi connectivity index (χ2n) is 8.01. The molecule has 0 spiro atoms. The third-order valence-corrected chi connectivity index (χ3v) is 6.51. The van der Waals surface area contributed by atoms with E-state index in [-0.39, 0.29) is 5.82 Å². The zero-order valence-corrected chi connectivity index (χ0v) is 12.9. The highest BCUT2D eigenvalue weighted by Gasteiger charge is 2.52. The molecule has 0 unspecified atom stereocenters. The molecule has 2 heteroatoms. The van der Waals surface area contributed by atoms with E-state index < -0.39 is 0 Å². The van der Waals surface area contributed by atoms with Crippen LogP contribution in [0.4, 0.5) is 4.39 Å². The number of hydrogen-bond donors (Lipinski definition) is 1. The quantitative estimate of drug-likeness (QED) is 0.858. The Morgan fingerprint density at radius 2 is 1.76 bits per heavy atom. The molecule has 4 saturated carbocycles. The van der Waals surface area contributed by atoms with E-state index in [9.17, 15) is 4.39 Å². The van der Waals surface area contributed by atoms with Gasteiger partial charge in [-0.2, -0.15) is 0 Å². The lowest BCUT2D eigenvalue weighted by Gasteiger charge is -2.59. The number of nitrogens with one attached hydrogen (secondary N) is 1. The van der Waals surface area contributed by atoms with Gasteiger partial charge in [-0.1, -0.05) is 12.1 Å². The van der Waals surface area contributed by atoms with E-state index >= 15 is 0 Å². The summed E-state index contributed by atoms with van der Waals surface area (Å²) in [5, 5.41) is 3.72. The molecular formula is C19H26FN. The van der Waals surface area contributed by atoms with Gasteiger partial charge >= 0.3 is 0 Å². The zero-order valence-electron chi connectivity index (χ0n) is 12.9. The molecule has 1 N–H and O–H groups in total. The Kier molecular flexibility index (Phi) is 3.33. The molecule has 4 fully saturated rings. The van der Waals surface area contributed by atoms with Crippen LogP contribution in [0.15, 0.2) is 24.3 Å². The third-order valence-electron chi connectivity index (χ3n) is 6.51. The van der Waals surface area contributed by atoms with Crippen molar-refractivity contribution < 1.29 is 4.39 Å². The second-order valence-corrected chi connectivity index (χ2v) is 8.01. The van der Waals surface area contributed by atoms with Crippen molar-refractivity contribution in [2.75, 3.05) is 0 Å². The molecule has 4 aliphatic carbocycles. The summed E-state index contributed by atoms with van der Waals surface area (Å²) < 4.78 is 13.3. The molecule has 4 bridgehead atoms. The number of benzene rings is 1. The lowest BCUT2D eigenvalue weighted by Crippen LogP contribution is -2.54. The molecular weight excluding hydrogens is 261 g/mol. The van der Waals surface area contributed by atoms with E-state index in [2.05, 4.69) is 12.2 Å². The molecule has 114 valence electrons. The minimum atomic E-state index is -0.128.